The summed E-state index contributed by atoms with van der Waals surface area (Å²) in [5.41, 5.74) is 4.90. The summed E-state index contributed by atoms with van der Waals surface area (Å²) in [6.07, 6.45) is 18.9. The predicted octanol–water partition coefficient (Wildman–Crippen LogP) is -6.61. The molecule has 0 heterocycles. The Morgan fingerprint density at radius 2 is 1.06 bits per heavy atom. The fourth-order valence-corrected chi connectivity index (χ4v) is 4.09. The second kappa shape index (κ2) is 32.1. The van der Waals surface area contributed by atoms with Crippen molar-refractivity contribution in [2.75, 3.05) is 6.61 Å². The molecule has 3 N–H and O–H groups in total. The van der Waals surface area contributed by atoms with Crippen LogP contribution < -0.4 is 124 Å². The first-order valence-corrected chi connectivity index (χ1v) is 13.2. The van der Waals surface area contributed by atoms with Crippen LogP contribution in [0.15, 0.2) is 0 Å². The Kier molecular flexibility index (Phi) is 44.0. The maximum Gasteiger partial charge on any atom is 1.00 e. The zero-order valence-electron chi connectivity index (χ0n) is 26.8. The van der Waals surface area contributed by atoms with Crippen LogP contribution in [0.4, 0.5) is 0 Å². The van der Waals surface area contributed by atoms with Crippen molar-refractivity contribution < 1.29 is 151 Å². The van der Waals surface area contributed by atoms with Gasteiger partial charge in [-0.05, 0) is 6.42 Å². The molecule has 0 aliphatic heterocycles. The van der Waals surface area contributed by atoms with Crippen LogP contribution in [0.3, 0.4) is 0 Å². The number of primary amides is 1. The summed E-state index contributed by atoms with van der Waals surface area (Å²) < 4.78 is 36.1. The van der Waals surface area contributed by atoms with E-state index in [1.54, 1.807) is 0 Å². The van der Waals surface area contributed by atoms with Gasteiger partial charge in [-0.25, -0.2) is 0 Å². The Morgan fingerprint density at radius 1 is 0.735 bits per heavy atom. The molecule has 1 atom stereocenters. The monoisotopic (exact) mass is 545 g/mol. The number of unbranched alkanes of at least 4 members (excludes halogenated alkanes) is 15. The van der Waals surface area contributed by atoms with Gasteiger partial charge in [0.15, 0.2) is 5.25 Å². The van der Waals surface area contributed by atoms with E-state index in [1.165, 1.54) is 77.0 Å². The van der Waals surface area contributed by atoms with Crippen LogP contribution in [0, 0.1) is 0 Å². The Hall–Kier alpha value is 2.85. The summed E-state index contributed by atoms with van der Waals surface area (Å²) in [5, 5.41) is -1.93. The van der Waals surface area contributed by atoms with Gasteiger partial charge in [-0.3, -0.25) is 14.1 Å². The quantitative estimate of drug-likeness (QED) is 0.0640. The first-order chi connectivity index (χ1) is 14.3. The molecule has 0 bridgehead atoms. The van der Waals surface area contributed by atoms with Crippen molar-refractivity contribution in [2.45, 2.75) is 121 Å². The molecule has 0 rings (SSSR count). The third kappa shape index (κ3) is 31.1. The number of nitrogens with two attached hydrogens (primary N) is 1. The van der Waals surface area contributed by atoms with Crippen molar-refractivity contribution in [3.63, 3.8) is 0 Å². The molecule has 0 aliphatic carbocycles. The topological polar surface area (TPSA) is 124 Å². The van der Waals surface area contributed by atoms with E-state index in [4.69, 9.17) is 15.0 Å². The molecule has 186 valence electrons. The minimum absolute atomic E-state index is 0. The number of esters is 1. The number of hydrogen-bond donors (Lipinski definition) is 2. The fourth-order valence-electron chi connectivity index (χ4n) is 3.41. The van der Waals surface area contributed by atoms with Gasteiger partial charge in [0.1, 0.15) is 0 Å². The van der Waals surface area contributed by atoms with E-state index in [0.29, 0.717) is 6.42 Å². The van der Waals surface area contributed by atoms with Gasteiger partial charge in [0.05, 0.1) is 13.0 Å². The number of carbonyl (C=O) groups is 2. The molecule has 0 aromatic carbocycles. The molecule has 0 saturated heterocycles. The van der Waals surface area contributed by atoms with E-state index in [2.05, 4.69) is 6.92 Å². The summed E-state index contributed by atoms with van der Waals surface area (Å²) in [7, 11) is -4.71. The average molecular weight is 546 g/mol. The third-order valence-corrected chi connectivity index (χ3v) is 6.33. The van der Waals surface area contributed by atoms with Gasteiger partial charge in [0.25, 0.3) is 10.1 Å². The molecule has 0 fully saturated rings. The molecule has 0 saturated carbocycles. The number of hydrogen-bond acceptors (Lipinski definition) is 5. The van der Waals surface area contributed by atoms with E-state index in [9.17, 15) is 18.0 Å². The van der Waals surface area contributed by atoms with Crippen LogP contribution in [0.1, 0.15) is 122 Å². The molecule has 12 heteroatoms. The number of ether oxygens (including phenoxy) is 1. The Labute approximate surface area is 302 Å². The van der Waals surface area contributed by atoms with Crippen molar-refractivity contribution >= 4 is 22.0 Å². The van der Waals surface area contributed by atoms with E-state index in [-0.39, 0.29) is 131 Å². The second-order valence-corrected chi connectivity index (χ2v) is 9.74. The average Bonchev–Trinajstić information content (AvgIpc) is 2.67. The predicted molar refractivity (Wildman–Crippen MR) is 124 cm³/mol. The first-order valence-electron chi connectivity index (χ1n) is 11.7. The van der Waals surface area contributed by atoms with Crippen molar-refractivity contribution in [2.24, 2.45) is 5.73 Å². The Balaban J connectivity index is -0.000000150. The molecule has 0 spiro atoms. The normalized spacial score (nSPS) is 11.1. The summed E-state index contributed by atoms with van der Waals surface area (Å²) >= 11 is 0. The summed E-state index contributed by atoms with van der Waals surface area (Å²) in [6, 6.07) is 0. The van der Waals surface area contributed by atoms with Crippen LogP contribution in [0.5, 0.6) is 0 Å². The zero-order chi connectivity index (χ0) is 22.7. The van der Waals surface area contributed by atoms with Gasteiger partial charge < -0.3 is 16.2 Å². The maximum atomic E-state index is 11.7. The van der Waals surface area contributed by atoms with Gasteiger partial charge in [0.2, 0.25) is 5.91 Å². The van der Waals surface area contributed by atoms with Crippen LogP contribution in [0.2, 0.25) is 0 Å². The van der Waals surface area contributed by atoms with Crippen molar-refractivity contribution in [1.29, 1.82) is 0 Å². The van der Waals surface area contributed by atoms with Gasteiger partial charge in [-0.1, -0.05) is 103 Å². The number of carbonyl (C=O) groups excluding carboxylic acids is 2. The molecule has 1 unspecified atom stereocenters. The van der Waals surface area contributed by atoms with Crippen LogP contribution in [-0.2, 0) is 24.4 Å². The van der Waals surface area contributed by atoms with E-state index in [0.717, 1.165) is 19.3 Å². The zero-order valence-corrected chi connectivity index (χ0v) is 31.6. The minimum atomic E-state index is -4.71. The van der Waals surface area contributed by atoms with Crippen LogP contribution >= 0.6 is 0 Å². The van der Waals surface area contributed by atoms with Gasteiger partial charge in [0, 0.05) is 0 Å². The number of amides is 1. The minimum Gasteiger partial charge on any atom is -1.00 e. The molecular formula is C22H47NNa4O6S. The van der Waals surface area contributed by atoms with Crippen molar-refractivity contribution in [1.82, 2.24) is 0 Å². The molecule has 7 nitrogen and oxygen atoms in total. The van der Waals surface area contributed by atoms with E-state index in [1.807, 2.05) is 0 Å². The molecule has 0 radical (unpaired) electrons. The van der Waals surface area contributed by atoms with Gasteiger partial charge in [-0.15, -0.1) is 0 Å². The SMILES string of the molecule is CCCCCCCCCCCCCCCCCCOC(=O)C(CC(N)=O)S(=O)(=O)O.[H-].[H-].[H-].[H-].[Na+].[Na+].[Na+].[Na+]. The Bertz CT molecular complexity index is 586. The summed E-state index contributed by atoms with van der Waals surface area (Å²) in [6.45, 7) is 2.32. The van der Waals surface area contributed by atoms with Crippen LogP contribution in [0.25, 0.3) is 0 Å². The molecular weight excluding hydrogens is 498 g/mol. The fraction of sp³-hybridized carbons (Fsp3) is 0.909. The molecule has 1 amide bonds. The van der Waals surface area contributed by atoms with Gasteiger partial charge in [-0.2, -0.15) is 8.42 Å². The molecule has 0 aromatic heterocycles. The van der Waals surface area contributed by atoms with E-state index < -0.39 is 33.7 Å². The molecule has 0 aromatic rings. The Morgan fingerprint density at radius 3 is 1.35 bits per heavy atom. The second-order valence-electron chi connectivity index (χ2n) is 8.14. The smallest absolute Gasteiger partial charge is 1.00 e. The summed E-state index contributed by atoms with van der Waals surface area (Å²) in [5.74, 6) is -2.12. The number of rotatable bonds is 21. The molecule has 0 aliphatic rings. The largest absolute Gasteiger partial charge is 1.00 e. The third-order valence-electron chi connectivity index (χ3n) is 5.25. The summed E-state index contributed by atoms with van der Waals surface area (Å²) in [4.78, 5) is 22.5. The van der Waals surface area contributed by atoms with Crippen molar-refractivity contribution in [3.8, 4) is 0 Å². The van der Waals surface area contributed by atoms with Crippen molar-refractivity contribution in [3.05, 3.63) is 0 Å². The van der Waals surface area contributed by atoms with E-state index >= 15 is 0 Å². The van der Waals surface area contributed by atoms with Gasteiger partial charge >= 0.3 is 124 Å². The maximum absolute atomic E-state index is 11.7. The van der Waals surface area contributed by atoms with Crippen LogP contribution in [-0.4, -0.2) is 36.7 Å². The first kappa shape index (κ1) is 46.7. The standard InChI is InChI=1S/C22H43NO6S.4Na.4H/c1-2-3-4-5-6-7-8-9-10-11-12-13-14-15-16-17-18-29-22(25)20(19-21(23)24)30(26,27)28;;;;;;;;/h20H,2-19H2,1H3,(H2,23,24)(H,26,27,28);;;;;;;;/q;4*+1;4*-1. The molecule has 34 heavy (non-hydrogen) atoms.